The fourth-order valence-corrected chi connectivity index (χ4v) is 1.71. The number of rotatable bonds is 3. The van der Waals surface area contributed by atoms with Gasteiger partial charge in [0.05, 0.1) is 0 Å². The molecule has 0 spiro atoms. The van der Waals surface area contributed by atoms with Crippen molar-refractivity contribution in [3.8, 4) is 0 Å². The first-order chi connectivity index (χ1) is 6.56. The van der Waals surface area contributed by atoms with Gasteiger partial charge in [0.2, 0.25) is 0 Å². The zero-order valence-electron chi connectivity index (χ0n) is 8.04. The fourth-order valence-electron chi connectivity index (χ4n) is 1.71. The van der Waals surface area contributed by atoms with Gasteiger partial charge in [-0.2, -0.15) is 0 Å². The number of carboxylic acid groups (broad SMARTS) is 1. The van der Waals surface area contributed by atoms with Crippen LogP contribution in [-0.4, -0.2) is 23.4 Å². The zero-order chi connectivity index (χ0) is 10.7. The van der Waals surface area contributed by atoms with Crippen molar-refractivity contribution in [2.75, 3.05) is 0 Å². The predicted molar refractivity (Wildman–Crippen MR) is 48.5 cm³/mol. The number of hydrogen-bond donors (Lipinski definition) is 1. The molecular formula is C10H14F2O2. The molecule has 0 aromatic rings. The molecular weight excluding hydrogens is 190 g/mol. The Morgan fingerprint density at radius 3 is 2.50 bits per heavy atom. The quantitative estimate of drug-likeness (QED) is 0.717. The Morgan fingerprint density at radius 1 is 1.50 bits per heavy atom. The summed E-state index contributed by atoms with van der Waals surface area (Å²) in [6.45, 7) is 1.69. The van der Waals surface area contributed by atoms with Gasteiger partial charge in [0.15, 0.2) is 0 Å². The molecule has 1 N–H and O–H groups in total. The van der Waals surface area contributed by atoms with Crippen molar-refractivity contribution in [3.05, 3.63) is 11.6 Å². The molecule has 0 bridgehead atoms. The highest BCUT2D eigenvalue weighted by Crippen LogP contribution is 2.33. The molecule has 1 rings (SSSR count). The van der Waals surface area contributed by atoms with E-state index in [1.165, 1.54) is 6.08 Å². The molecule has 0 radical (unpaired) electrons. The molecule has 0 aliphatic heterocycles. The van der Waals surface area contributed by atoms with E-state index in [2.05, 4.69) is 0 Å². The number of carbonyl (C=O) groups is 1. The predicted octanol–water partition coefficient (Wildman–Crippen LogP) is 2.49. The number of hydrogen-bond acceptors (Lipinski definition) is 1. The normalized spacial score (nSPS) is 33.4. The second-order valence-corrected chi connectivity index (χ2v) is 3.55. The van der Waals surface area contributed by atoms with Crippen molar-refractivity contribution in [1.82, 2.24) is 0 Å². The maximum atomic E-state index is 13.1. The summed E-state index contributed by atoms with van der Waals surface area (Å²) < 4.78 is 25.9. The van der Waals surface area contributed by atoms with E-state index in [4.69, 9.17) is 5.11 Å². The van der Waals surface area contributed by atoms with Crippen LogP contribution in [0.3, 0.4) is 0 Å². The molecule has 0 heterocycles. The largest absolute Gasteiger partial charge is 0.478 e. The summed E-state index contributed by atoms with van der Waals surface area (Å²) in [6, 6.07) is 0. The Hall–Kier alpha value is -0.930. The van der Waals surface area contributed by atoms with Gasteiger partial charge in [-0.05, 0) is 19.3 Å². The maximum Gasteiger partial charge on any atom is 0.331 e. The van der Waals surface area contributed by atoms with Crippen molar-refractivity contribution in [2.45, 2.75) is 38.5 Å². The van der Waals surface area contributed by atoms with Gasteiger partial charge in [-0.1, -0.05) is 13.0 Å². The molecule has 1 aliphatic carbocycles. The zero-order valence-corrected chi connectivity index (χ0v) is 8.04. The topological polar surface area (TPSA) is 37.3 Å². The highest BCUT2D eigenvalue weighted by atomic mass is 19.2. The van der Waals surface area contributed by atoms with E-state index in [1.807, 2.05) is 0 Å². The van der Waals surface area contributed by atoms with E-state index in [9.17, 15) is 13.6 Å². The Balaban J connectivity index is 2.70. The van der Waals surface area contributed by atoms with Crippen LogP contribution < -0.4 is 0 Å². The summed E-state index contributed by atoms with van der Waals surface area (Å²) in [6.07, 6.45) is -0.654. The van der Waals surface area contributed by atoms with Gasteiger partial charge in [-0.15, -0.1) is 0 Å². The molecule has 14 heavy (non-hydrogen) atoms. The SMILES string of the molecule is CC/C(=C/C1CCC(F)C1F)C(=O)O. The number of alkyl halides is 2. The van der Waals surface area contributed by atoms with Crippen molar-refractivity contribution in [2.24, 2.45) is 5.92 Å². The third-order valence-electron chi connectivity index (χ3n) is 2.60. The van der Waals surface area contributed by atoms with Crippen LogP contribution in [0.5, 0.6) is 0 Å². The molecule has 3 unspecified atom stereocenters. The van der Waals surface area contributed by atoms with Crippen molar-refractivity contribution >= 4 is 5.97 Å². The highest BCUT2D eigenvalue weighted by molar-refractivity contribution is 5.86. The van der Waals surface area contributed by atoms with Crippen LogP contribution in [0.25, 0.3) is 0 Å². The fraction of sp³-hybridized carbons (Fsp3) is 0.700. The van der Waals surface area contributed by atoms with E-state index in [1.54, 1.807) is 6.92 Å². The van der Waals surface area contributed by atoms with Crippen LogP contribution in [0.15, 0.2) is 11.6 Å². The minimum absolute atomic E-state index is 0.173. The average Bonchev–Trinajstić information content (AvgIpc) is 2.44. The van der Waals surface area contributed by atoms with Crippen LogP contribution in [0.2, 0.25) is 0 Å². The van der Waals surface area contributed by atoms with Gasteiger partial charge >= 0.3 is 5.97 Å². The summed E-state index contributed by atoms with van der Waals surface area (Å²) >= 11 is 0. The summed E-state index contributed by atoms with van der Waals surface area (Å²) in [5.41, 5.74) is 0.173. The van der Waals surface area contributed by atoms with E-state index >= 15 is 0 Å². The van der Waals surface area contributed by atoms with Crippen molar-refractivity contribution in [3.63, 3.8) is 0 Å². The smallest absolute Gasteiger partial charge is 0.331 e. The lowest BCUT2D eigenvalue weighted by Gasteiger charge is -2.09. The van der Waals surface area contributed by atoms with Gasteiger partial charge in [-0.3, -0.25) is 0 Å². The van der Waals surface area contributed by atoms with Gasteiger partial charge < -0.3 is 5.11 Å². The molecule has 3 atom stereocenters. The molecule has 0 amide bonds. The second-order valence-electron chi connectivity index (χ2n) is 3.55. The first-order valence-electron chi connectivity index (χ1n) is 4.78. The summed E-state index contributed by atoms with van der Waals surface area (Å²) in [7, 11) is 0. The standard InChI is InChI=1S/C10H14F2O2/c1-2-6(10(13)14)5-7-3-4-8(11)9(7)12/h5,7-9H,2-4H2,1H3,(H,13,14)/b6-5-. The van der Waals surface area contributed by atoms with Gasteiger partial charge in [-0.25, -0.2) is 13.6 Å². The average molecular weight is 204 g/mol. The molecule has 1 fully saturated rings. The van der Waals surface area contributed by atoms with Crippen molar-refractivity contribution in [1.29, 1.82) is 0 Å². The number of aliphatic carboxylic acids is 1. The second kappa shape index (κ2) is 4.53. The minimum Gasteiger partial charge on any atom is -0.478 e. The van der Waals surface area contributed by atoms with E-state index < -0.39 is 24.2 Å². The summed E-state index contributed by atoms with van der Waals surface area (Å²) in [4.78, 5) is 10.6. The minimum atomic E-state index is -1.53. The van der Waals surface area contributed by atoms with Gasteiger partial charge in [0, 0.05) is 11.5 Å². The summed E-state index contributed by atoms with van der Waals surface area (Å²) in [5.74, 6) is -1.60. The molecule has 0 saturated heterocycles. The molecule has 4 heteroatoms. The van der Waals surface area contributed by atoms with Crippen LogP contribution in [0.1, 0.15) is 26.2 Å². The Labute approximate surface area is 81.6 Å². The number of allylic oxidation sites excluding steroid dienone is 1. The van der Waals surface area contributed by atoms with Gasteiger partial charge in [0.25, 0.3) is 0 Å². The number of halogens is 2. The van der Waals surface area contributed by atoms with Crippen LogP contribution in [0, 0.1) is 5.92 Å². The molecule has 0 aromatic carbocycles. The van der Waals surface area contributed by atoms with E-state index in [0.29, 0.717) is 12.8 Å². The van der Waals surface area contributed by atoms with Gasteiger partial charge in [0.1, 0.15) is 12.3 Å². The van der Waals surface area contributed by atoms with Crippen LogP contribution in [0.4, 0.5) is 8.78 Å². The lowest BCUT2D eigenvalue weighted by atomic mass is 10.0. The van der Waals surface area contributed by atoms with Crippen LogP contribution >= 0.6 is 0 Å². The molecule has 1 saturated carbocycles. The lowest BCUT2D eigenvalue weighted by molar-refractivity contribution is -0.132. The molecule has 1 aliphatic rings. The third-order valence-corrected chi connectivity index (χ3v) is 2.60. The summed E-state index contributed by atoms with van der Waals surface area (Å²) in [5, 5.41) is 8.70. The molecule has 0 aromatic heterocycles. The highest BCUT2D eigenvalue weighted by Gasteiger charge is 2.35. The number of carboxylic acids is 1. The van der Waals surface area contributed by atoms with Crippen LogP contribution in [-0.2, 0) is 4.79 Å². The first kappa shape index (κ1) is 11.1. The third kappa shape index (κ3) is 2.30. The lowest BCUT2D eigenvalue weighted by Crippen LogP contribution is -2.16. The van der Waals surface area contributed by atoms with E-state index in [0.717, 1.165) is 0 Å². The molecule has 2 nitrogen and oxygen atoms in total. The Morgan fingerprint density at radius 2 is 2.14 bits per heavy atom. The first-order valence-corrected chi connectivity index (χ1v) is 4.78. The van der Waals surface area contributed by atoms with E-state index in [-0.39, 0.29) is 12.0 Å². The maximum absolute atomic E-state index is 13.1. The monoisotopic (exact) mass is 204 g/mol. The van der Waals surface area contributed by atoms with Crippen molar-refractivity contribution < 1.29 is 18.7 Å². The Bertz CT molecular complexity index is 251. The Kier molecular flexibility index (Phi) is 3.61. The molecule has 80 valence electrons.